The highest BCUT2D eigenvalue weighted by Gasteiger charge is 2.23. The number of furan rings is 1. The molecule has 3 rings (SSSR count). The molecule has 7 heteroatoms. The molecule has 0 aliphatic heterocycles. The van der Waals surface area contributed by atoms with Gasteiger partial charge in [0.2, 0.25) is 5.91 Å². The van der Waals surface area contributed by atoms with E-state index < -0.39 is 5.25 Å². The summed E-state index contributed by atoms with van der Waals surface area (Å²) in [5.41, 5.74) is 3.89. The third-order valence-corrected chi connectivity index (χ3v) is 5.53. The zero-order chi connectivity index (χ0) is 21.1. The summed E-state index contributed by atoms with van der Waals surface area (Å²) >= 11 is 1.23. The number of aromatic nitrogens is 2. The Bertz CT molecular complexity index is 1060. The topological polar surface area (TPSA) is 85.1 Å². The third kappa shape index (κ3) is 4.74. The van der Waals surface area contributed by atoms with Crippen LogP contribution in [0, 0.1) is 20.8 Å². The molecule has 1 N–H and O–H groups in total. The predicted molar refractivity (Wildman–Crippen MR) is 114 cm³/mol. The summed E-state index contributed by atoms with van der Waals surface area (Å²) in [5.74, 6) is 0.602. The van der Waals surface area contributed by atoms with E-state index in [4.69, 9.17) is 4.42 Å². The lowest BCUT2D eigenvalue weighted by Crippen LogP contribution is -2.23. The van der Waals surface area contributed by atoms with Crippen molar-refractivity contribution in [2.24, 2.45) is 0 Å². The van der Waals surface area contributed by atoms with E-state index in [1.807, 2.05) is 32.0 Å². The molecule has 2 heterocycles. The summed E-state index contributed by atoms with van der Waals surface area (Å²) in [5, 5.41) is 2.96. The Balaban J connectivity index is 1.87. The van der Waals surface area contributed by atoms with Gasteiger partial charge in [0.05, 0.1) is 22.8 Å². The van der Waals surface area contributed by atoms with Gasteiger partial charge in [-0.3, -0.25) is 9.59 Å². The standard InChI is InChI=1S/C22H23N3O3S/c1-12-8-9-17(13(2)11-12)24-21(27)16(5)29-22-19(15(4)26)14(3)23-20(25-22)18-7-6-10-28-18/h6-11,16H,1-5H3,(H,24,27)/t16-/m0/s1. The monoisotopic (exact) mass is 409 g/mol. The first-order valence-electron chi connectivity index (χ1n) is 9.24. The van der Waals surface area contributed by atoms with E-state index in [1.54, 1.807) is 32.2 Å². The van der Waals surface area contributed by atoms with Gasteiger partial charge < -0.3 is 9.73 Å². The van der Waals surface area contributed by atoms with E-state index in [-0.39, 0.29) is 11.7 Å². The van der Waals surface area contributed by atoms with Crippen LogP contribution in [-0.4, -0.2) is 26.9 Å². The van der Waals surface area contributed by atoms with Gasteiger partial charge >= 0.3 is 0 Å². The van der Waals surface area contributed by atoms with E-state index in [0.717, 1.165) is 16.8 Å². The molecule has 1 amide bonds. The van der Waals surface area contributed by atoms with Crippen LogP contribution in [0.2, 0.25) is 0 Å². The Labute approximate surface area is 174 Å². The number of nitrogens with one attached hydrogen (secondary N) is 1. The van der Waals surface area contributed by atoms with Gasteiger partial charge in [-0.2, -0.15) is 0 Å². The summed E-state index contributed by atoms with van der Waals surface area (Å²) in [6, 6.07) is 9.37. The van der Waals surface area contributed by atoms with E-state index in [2.05, 4.69) is 15.3 Å². The molecule has 0 spiro atoms. The van der Waals surface area contributed by atoms with Crippen LogP contribution < -0.4 is 5.32 Å². The fourth-order valence-corrected chi connectivity index (χ4v) is 4.01. The van der Waals surface area contributed by atoms with Crippen molar-refractivity contribution in [3.05, 3.63) is 59.0 Å². The van der Waals surface area contributed by atoms with Crippen LogP contribution in [0.5, 0.6) is 0 Å². The molecule has 0 bridgehead atoms. The SMILES string of the molecule is CC(=O)c1c(C)nc(-c2ccco2)nc1S[C@@H](C)C(=O)Nc1ccc(C)cc1C. The van der Waals surface area contributed by atoms with Crippen LogP contribution in [0.25, 0.3) is 11.6 Å². The highest BCUT2D eigenvalue weighted by atomic mass is 32.2. The van der Waals surface area contributed by atoms with E-state index in [1.165, 1.54) is 18.7 Å². The molecule has 0 aliphatic rings. The highest BCUT2D eigenvalue weighted by Crippen LogP contribution is 2.30. The molecule has 0 unspecified atom stereocenters. The number of carbonyl (C=O) groups excluding carboxylic acids is 2. The first-order chi connectivity index (χ1) is 13.8. The molecule has 150 valence electrons. The molecule has 0 saturated heterocycles. The molecule has 0 fully saturated rings. The number of Topliss-reactive ketones (excluding diaryl/α,β-unsaturated/α-hetero) is 1. The molecule has 0 aliphatic carbocycles. The molecule has 1 aromatic carbocycles. The third-order valence-electron chi connectivity index (χ3n) is 4.45. The number of aryl methyl sites for hydroxylation is 3. The van der Waals surface area contributed by atoms with Crippen molar-refractivity contribution in [1.82, 2.24) is 9.97 Å². The molecule has 3 aromatic rings. The number of rotatable bonds is 6. The summed E-state index contributed by atoms with van der Waals surface area (Å²) in [4.78, 5) is 33.9. The Hall–Kier alpha value is -2.93. The van der Waals surface area contributed by atoms with Crippen molar-refractivity contribution in [3.8, 4) is 11.6 Å². The Morgan fingerprint density at radius 3 is 2.52 bits per heavy atom. The maximum Gasteiger partial charge on any atom is 0.237 e. The Morgan fingerprint density at radius 1 is 1.14 bits per heavy atom. The number of benzene rings is 1. The van der Waals surface area contributed by atoms with Crippen molar-refractivity contribution in [3.63, 3.8) is 0 Å². The molecular formula is C22H23N3O3S. The molecule has 0 radical (unpaired) electrons. The first kappa shape index (κ1) is 20.8. The largest absolute Gasteiger partial charge is 0.461 e. The summed E-state index contributed by atoms with van der Waals surface area (Å²) in [7, 11) is 0. The van der Waals surface area contributed by atoms with Crippen LogP contribution in [0.4, 0.5) is 5.69 Å². The average molecular weight is 410 g/mol. The second-order valence-corrected chi connectivity index (χ2v) is 8.24. The maximum atomic E-state index is 12.8. The summed E-state index contributed by atoms with van der Waals surface area (Å²) < 4.78 is 5.39. The Morgan fingerprint density at radius 2 is 1.90 bits per heavy atom. The normalized spacial score (nSPS) is 11.9. The van der Waals surface area contributed by atoms with Crippen molar-refractivity contribution < 1.29 is 14.0 Å². The summed E-state index contributed by atoms with van der Waals surface area (Å²) in [6.07, 6.45) is 1.54. The molecule has 1 atom stereocenters. The van der Waals surface area contributed by atoms with Crippen molar-refractivity contribution in [1.29, 1.82) is 0 Å². The number of anilines is 1. The van der Waals surface area contributed by atoms with Crippen LogP contribution >= 0.6 is 11.8 Å². The van der Waals surface area contributed by atoms with Gasteiger partial charge in [-0.05, 0) is 58.4 Å². The number of thioether (sulfide) groups is 1. The zero-order valence-electron chi connectivity index (χ0n) is 17.1. The number of hydrogen-bond acceptors (Lipinski definition) is 6. The van der Waals surface area contributed by atoms with Gasteiger partial charge in [0.25, 0.3) is 0 Å². The van der Waals surface area contributed by atoms with Gasteiger partial charge in [0.15, 0.2) is 17.4 Å². The minimum atomic E-state index is -0.465. The van der Waals surface area contributed by atoms with Crippen LogP contribution in [0.3, 0.4) is 0 Å². The molecule has 29 heavy (non-hydrogen) atoms. The fraction of sp³-hybridized carbons (Fsp3) is 0.273. The van der Waals surface area contributed by atoms with Gasteiger partial charge in [0, 0.05) is 5.69 Å². The number of ketones is 1. The number of hydrogen-bond donors (Lipinski definition) is 1. The van der Waals surface area contributed by atoms with Gasteiger partial charge in [-0.1, -0.05) is 29.5 Å². The first-order valence-corrected chi connectivity index (χ1v) is 10.1. The van der Waals surface area contributed by atoms with E-state index >= 15 is 0 Å². The minimum Gasteiger partial charge on any atom is -0.461 e. The van der Waals surface area contributed by atoms with Crippen molar-refractivity contribution in [2.45, 2.75) is 44.9 Å². The molecule has 6 nitrogen and oxygen atoms in total. The minimum absolute atomic E-state index is 0.141. The van der Waals surface area contributed by atoms with Crippen molar-refractivity contribution in [2.75, 3.05) is 5.32 Å². The van der Waals surface area contributed by atoms with Crippen LogP contribution in [0.1, 0.15) is 41.0 Å². The van der Waals surface area contributed by atoms with Gasteiger partial charge in [0.1, 0.15) is 5.03 Å². The predicted octanol–water partition coefficient (Wildman–Crippen LogP) is 4.98. The van der Waals surface area contributed by atoms with Gasteiger partial charge in [-0.25, -0.2) is 9.97 Å². The quantitative estimate of drug-likeness (QED) is 0.351. The fourth-order valence-electron chi connectivity index (χ4n) is 2.96. The molecule has 0 saturated carbocycles. The maximum absolute atomic E-state index is 12.8. The zero-order valence-corrected chi connectivity index (χ0v) is 17.9. The lowest BCUT2D eigenvalue weighted by Gasteiger charge is -2.16. The molecule has 2 aromatic heterocycles. The number of carbonyl (C=O) groups is 2. The van der Waals surface area contributed by atoms with E-state index in [9.17, 15) is 9.59 Å². The number of nitrogens with zero attached hydrogens (tertiary/aromatic N) is 2. The van der Waals surface area contributed by atoms with Crippen molar-refractivity contribution >= 4 is 29.1 Å². The lowest BCUT2D eigenvalue weighted by atomic mass is 10.1. The van der Waals surface area contributed by atoms with Gasteiger partial charge in [-0.15, -0.1) is 0 Å². The summed E-state index contributed by atoms with van der Waals surface area (Å²) in [6.45, 7) is 8.99. The molecular weight excluding hydrogens is 386 g/mol. The second kappa shape index (κ2) is 8.61. The van der Waals surface area contributed by atoms with E-state index in [0.29, 0.717) is 27.9 Å². The average Bonchev–Trinajstić information content (AvgIpc) is 3.18. The van der Waals surface area contributed by atoms with Crippen LogP contribution in [0.15, 0.2) is 46.0 Å². The lowest BCUT2D eigenvalue weighted by molar-refractivity contribution is -0.115. The highest BCUT2D eigenvalue weighted by molar-refractivity contribution is 8.00. The Kier molecular flexibility index (Phi) is 6.17. The smallest absolute Gasteiger partial charge is 0.237 e. The second-order valence-electron chi connectivity index (χ2n) is 6.91. The number of amides is 1. The van der Waals surface area contributed by atoms with Crippen LogP contribution in [-0.2, 0) is 4.79 Å².